The zero-order valence-electron chi connectivity index (χ0n) is 15.3. The lowest BCUT2D eigenvalue weighted by Gasteiger charge is -2.37. The van der Waals surface area contributed by atoms with Crippen molar-refractivity contribution in [3.63, 3.8) is 0 Å². The number of nitrogens with zero attached hydrogens (tertiary/aromatic N) is 2. The first-order valence-corrected chi connectivity index (χ1v) is 9.06. The molecule has 1 atom stereocenters. The number of nitrogens with one attached hydrogen (secondary N) is 1. The largest absolute Gasteiger partial charge is 0.361 e. The van der Waals surface area contributed by atoms with Gasteiger partial charge in [-0.25, -0.2) is 0 Å². The minimum atomic E-state index is -0.109. The number of benzene rings is 1. The summed E-state index contributed by atoms with van der Waals surface area (Å²) in [6.45, 7) is 8.61. The van der Waals surface area contributed by atoms with E-state index < -0.39 is 0 Å². The lowest BCUT2D eigenvalue weighted by molar-refractivity contribution is 0.0911. The number of amides is 1. The second-order valence-corrected chi connectivity index (χ2v) is 7.05. The van der Waals surface area contributed by atoms with Crippen LogP contribution < -0.4 is 5.32 Å². The Bertz CT molecular complexity index is 683. The molecule has 0 bridgehead atoms. The molecule has 1 aliphatic heterocycles. The van der Waals surface area contributed by atoms with Crippen molar-refractivity contribution >= 4 is 5.91 Å². The highest BCUT2D eigenvalue weighted by Crippen LogP contribution is 2.26. The fraction of sp³-hybridized carbons (Fsp3) is 0.500. The van der Waals surface area contributed by atoms with Crippen LogP contribution in [-0.2, 0) is 0 Å². The molecule has 1 saturated heterocycles. The third kappa shape index (κ3) is 4.10. The van der Waals surface area contributed by atoms with Crippen molar-refractivity contribution in [3.8, 4) is 0 Å². The molecule has 25 heavy (non-hydrogen) atoms. The van der Waals surface area contributed by atoms with Gasteiger partial charge in [-0.15, -0.1) is 0 Å². The van der Waals surface area contributed by atoms with E-state index in [0.717, 1.165) is 19.0 Å². The summed E-state index contributed by atoms with van der Waals surface area (Å²) in [5, 5.41) is 6.97. The highest BCUT2D eigenvalue weighted by Gasteiger charge is 2.26. The van der Waals surface area contributed by atoms with Crippen LogP contribution in [0.5, 0.6) is 0 Å². The predicted octanol–water partition coefficient (Wildman–Crippen LogP) is 3.49. The Morgan fingerprint density at radius 1 is 1.28 bits per heavy atom. The zero-order valence-corrected chi connectivity index (χ0v) is 15.3. The standard InChI is InChI=1S/C20H27N3O2/c1-14-9-11-23(12-10-14)18(17-7-5-4-6-8-17)13-21-20(24)19-15(2)22-25-16(19)3/h4-8,14,18H,9-13H2,1-3H3,(H,21,24)/t18-/m0/s1. The first-order valence-electron chi connectivity index (χ1n) is 9.06. The molecule has 2 heterocycles. The lowest BCUT2D eigenvalue weighted by Crippen LogP contribution is -2.42. The number of likely N-dealkylation sites (tertiary alicyclic amines) is 1. The molecule has 2 aromatic rings. The van der Waals surface area contributed by atoms with Crippen molar-refractivity contribution in [2.45, 2.75) is 39.7 Å². The van der Waals surface area contributed by atoms with E-state index in [1.54, 1.807) is 13.8 Å². The Kier molecular flexibility index (Phi) is 5.53. The van der Waals surface area contributed by atoms with Gasteiger partial charge in [0.1, 0.15) is 11.3 Å². The first-order chi connectivity index (χ1) is 12.1. The topological polar surface area (TPSA) is 58.4 Å². The predicted molar refractivity (Wildman–Crippen MR) is 97.5 cm³/mol. The summed E-state index contributed by atoms with van der Waals surface area (Å²) < 4.78 is 5.11. The Morgan fingerprint density at radius 3 is 2.56 bits per heavy atom. The molecule has 0 radical (unpaired) electrons. The molecule has 1 aromatic heterocycles. The Labute approximate surface area is 149 Å². The Hall–Kier alpha value is -2.14. The van der Waals surface area contributed by atoms with E-state index in [4.69, 9.17) is 4.52 Å². The maximum atomic E-state index is 12.6. The molecule has 0 saturated carbocycles. The highest BCUT2D eigenvalue weighted by atomic mass is 16.5. The van der Waals surface area contributed by atoms with Crippen molar-refractivity contribution < 1.29 is 9.32 Å². The zero-order chi connectivity index (χ0) is 17.8. The summed E-state index contributed by atoms with van der Waals surface area (Å²) in [7, 11) is 0. The molecule has 0 aliphatic carbocycles. The van der Waals surface area contributed by atoms with Gasteiger partial charge < -0.3 is 9.84 Å². The van der Waals surface area contributed by atoms with Gasteiger partial charge in [-0.2, -0.15) is 0 Å². The van der Waals surface area contributed by atoms with E-state index in [9.17, 15) is 4.79 Å². The SMILES string of the molecule is Cc1noc(C)c1C(=O)NC[C@@H](c1ccccc1)N1CCC(C)CC1. The van der Waals surface area contributed by atoms with Crippen LogP contribution in [0.1, 0.15) is 53.2 Å². The number of hydrogen-bond donors (Lipinski definition) is 1. The fourth-order valence-corrected chi connectivity index (χ4v) is 3.56. The smallest absolute Gasteiger partial charge is 0.256 e. The van der Waals surface area contributed by atoms with Gasteiger partial charge in [0.15, 0.2) is 0 Å². The third-order valence-corrected chi connectivity index (χ3v) is 5.16. The van der Waals surface area contributed by atoms with Crippen molar-refractivity contribution in [2.75, 3.05) is 19.6 Å². The van der Waals surface area contributed by atoms with Crippen molar-refractivity contribution in [2.24, 2.45) is 5.92 Å². The number of aromatic nitrogens is 1. The first kappa shape index (κ1) is 17.7. The van der Waals surface area contributed by atoms with Crippen LogP contribution in [0.4, 0.5) is 0 Å². The minimum absolute atomic E-state index is 0.109. The molecule has 1 N–H and O–H groups in total. The molecule has 3 rings (SSSR count). The fourth-order valence-electron chi connectivity index (χ4n) is 3.56. The minimum Gasteiger partial charge on any atom is -0.361 e. The number of carbonyl (C=O) groups is 1. The van der Waals surface area contributed by atoms with Gasteiger partial charge in [0.05, 0.1) is 11.7 Å². The van der Waals surface area contributed by atoms with Crippen LogP contribution >= 0.6 is 0 Å². The second-order valence-electron chi connectivity index (χ2n) is 7.05. The van der Waals surface area contributed by atoms with Gasteiger partial charge in [0.25, 0.3) is 5.91 Å². The van der Waals surface area contributed by atoms with E-state index >= 15 is 0 Å². The summed E-state index contributed by atoms with van der Waals surface area (Å²) in [5.74, 6) is 1.24. The Morgan fingerprint density at radius 2 is 1.96 bits per heavy atom. The summed E-state index contributed by atoms with van der Waals surface area (Å²) in [4.78, 5) is 15.1. The van der Waals surface area contributed by atoms with Gasteiger partial charge in [0, 0.05) is 6.54 Å². The maximum Gasteiger partial charge on any atom is 0.256 e. The van der Waals surface area contributed by atoms with Crippen molar-refractivity contribution in [3.05, 3.63) is 52.9 Å². The van der Waals surface area contributed by atoms with Gasteiger partial charge in [0.2, 0.25) is 0 Å². The molecule has 0 unspecified atom stereocenters. The summed E-state index contributed by atoms with van der Waals surface area (Å²) in [5.41, 5.74) is 2.44. The van der Waals surface area contributed by atoms with E-state index in [2.05, 4.69) is 46.6 Å². The summed E-state index contributed by atoms with van der Waals surface area (Å²) in [6, 6.07) is 10.6. The molecular weight excluding hydrogens is 314 g/mol. The third-order valence-electron chi connectivity index (χ3n) is 5.16. The monoisotopic (exact) mass is 341 g/mol. The van der Waals surface area contributed by atoms with Crippen LogP contribution in [0.15, 0.2) is 34.9 Å². The molecule has 0 spiro atoms. The number of carbonyl (C=O) groups excluding carboxylic acids is 1. The summed E-state index contributed by atoms with van der Waals surface area (Å²) in [6.07, 6.45) is 2.42. The summed E-state index contributed by atoms with van der Waals surface area (Å²) >= 11 is 0. The molecule has 1 aromatic carbocycles. The van der Waals surface area contributed by atoms with E-state index in [1.165, 1.54) is 18.4 Å². The molecule has 1 fully saturated rings. The lowest BCUT2D eigenvalue weighted by atomic mass is 9.95. The van der Waals surface area contributed by atoms with Crippen LogP contribution in [0.25, 0.3) is 0 Å². The molecule has 1 amide bonds. The van der Waals surface area contributed by atoms with Crippen LogP contribution in [0, 0.1) is 19.8 Å². The number of aryl methyl sites for hydroxylation is 2. The van der Waals surface area contributed by atoms with Gasteiger partial charge in [-0.1, -0.05) is 42.4 Å². The molecule has 1 aliphatic rings. The molecular formula is C20H27N3O2. The van der Waals surface area contributed by atoms with E-state index in [1.807, 2.05) is 6.07 Å². The average Bonchev–Trinajstić information content (AvgIpc) is 2.96. The number of piperidine rings is 1. The van der Waals surface area contributed by atoms with Crippen molar-refractivity contribution in [1.82, 2.24) is 15.4 Å². The van der Waals surface area contributed by atoms with Gasteiger partial charge >= 0.3 is 0 Å². The quantitative estimate of drug-likeness (QED) is 0.904. The average molecular weight is 341 g/mol. The molecule has 5 heteroatoms. The molecule has 134 valence electrons. The second kappa shape index (κ2) is 7.83. The van der Waals surface area contributed by atoms with E-state index in [-0.39, 0.29) is 11.9 Å². The van der Waals surface area contributed by atoms with Crippen LogP contribution in [-0.4, -0.2) is 35.6 Å². The van der Waals surface area contributed by atoms with Crippen LogP contribution in [0.2, 0.25) is 0 Å². The Balaban J connectivity index is 1.73. The maximum absolute atomic E-state index is 12.6. The van der Waals surface area contributed by atoms with E-state index in [0.29, 0.717) is 23.6 Å². The van der Waals surface area contributed by atoms with Crippen LogP contribution in [0.3, 0.4) is 0 Å². The van der Waals surface area contributed by atoms with Gasteiger partial charge in [-0.3, -0.25) is 9.69 Å². The number of rotatable bonds is 5. The highest BCUT2D eigenvalue weighted by molar-refractivity contribution is 5.96. The van der Waals surface area contributed by atoms with Crippen molar-refractivity contribution in [1.29, 1.82) is 0 Å². The normalized spacial score (nSPS) is 17.4. The van der Waals surface area contributed by atoms with Gasteiger partial charge in [-0.05, 0) is 51.3 Å². The molecule has 5 nitrogen and oxygen atoms in total. The number of hydrogen-bond acceptors (Lipinski definition) is 4.